The number of nitrogens with zero attached hydrogens (tertiary/aromatic N) is 3. The Morgan fingerprint density at radius 1 is 1.24 bits per heavy atom. The molecule has 4 rings (SSSR count). The Morgan fingerprint density at radius 3 is 2.73 bits per heavy atom. The summed E-state index contributed by atoms with van der Waals surface area (Å²) in [7, 11) is 0. The number of anilines is 1. The third-order valence-corrected chi connectivity index (χ3v) is 6.16. The highest BCUT2D eigenvalue weighted by Crippen LogP contribution is 2.31. The third-order valence-electron chi connectivity index (χ3n) is 6.16. The minimum absolute atomic E-state index is 0.0676. The first-order valence-electron chi connectivity index (χ1n) is 10.9. The number of rotatable bonds is 5. The fourth-order valence-electron chi connectivity index (χ4n) is 4.32. The van der Waals surface area contributed by atoms with E-state index < -0.39 is 11.7 Å². The van der Waals surface area contributed by atoms with Crippen molar-refractivity contribution >= 4 is 11.7 Å². The van der Waals surface area contributed by atoms with Crippen molar-refractivity contribution < 1.29 is 18.0 Å². The summed E-state index contributed by atoms with van der Waals surface area (Å²) in [6.45, 7) is 5.06. The average Bonchev–Trinajstić information content (AvgIpc) is 3.32. The molecule has 2 atom stereocenters. The van der Waals surface area contributed by atoms with Crippen molar-refractivity contribution in [2.45, 2.75) is 38.9 Å². The van der Waals surface area contributed by atoms with Crippen LogP contribution in [0.4, 0.5) is 19.0 Å². The van der Waals surface area contributed by atoms with Gasteiger partial charge in [0.25, 0.3) is 5.91 Å². The van der Waals surface area contributed by atoms with Crippen LogP contribution >= 0.6 is 0 Å². The first kappa shape index (κ1) is 22.8. The van der Waals surface area contributed by atoms with E-state index in [1.807, 2.05) is 36.1 Å². The zero-order chi connectivity index (χ0) is 23.6. The Bertz CT molecular complexity index is 1100. The number of H-pyrrole nitrogens is 1. The van der Waals surface area contributed by atoms with Crippen LogP contribution in [0, 0.1) is 12.8 Å². The first-order valence-corrected chi connectivity index (χ1v) is 10.9. The van der Waals surface area contributed by atoms with Gasteiger partial charge in [0, 0.05) is 36.6 Å². The standard InChI is InChI=1S/C24H26F3N5O/c1-15-5-7-18(20-9-10-30-31-20)19(12-15)23(33)32-11-3-4-16(2)21(32)14-29-22-8-6-17(13-28-22)24(25,26)27/h5-10,12-13,16,21H,3-4,11,14H2,1-2H3,(H,28,29)(H,30,31)/t16-,21-/m1/s1. The Balaban J connectivity index is 1.55. The molecule has 0 saturated carbocycles. The van der Waals surface area contributed by atoms with Crippen molar-refractivity contribution in [3.63, 3.8) is 0 Å². The van der Waals surface area contributed by atoms with Crippen molar-refractivity contribution in [1.29, 1.82) is 0 Å². The Labute approximate surface area is 190 Å². The molecular weight excluding hydrogens is 431 g/mol. The molecule has 0 radical (unpaired) electrons. The van der Waals surface area contributed by atoms with Crippen LogP contribution in [0.2, 0.25) is 0 Å². The topological polar surface area (TPSA) is 73.9 Å². The van der Waals surface area contributed by atoms with Gasteiger partial charge in [-0.2, -0.15) is 18.3 Å². The molecule has 2 aromatic heterocycles. The second-order valence-corrected chi connectivity index (χ2v) is 8.52. The maximum atomic E-state index is 13.7. The number of aromatic nitrogens is 3. The number of aryl methyl sites for hydroxylation is 1. The zero-order valence-corrected chi connectivity index (χ0v) is 18.5. The van der Waals surface area contributed by atoms with Crippen LogP contribution < -0.4 is 5.32 Å². The molecule has 6 nitrogen and oxygen atoms in total. The summed E-state index contributed by atoms with van der Waals surface area (Å²) < 4.78 is 38.4. The number of amides is 1. The van der Waals surface area contributed by atoms with Gasteiger partial charge in [-0.1, -0.05) is 24.6 Å². The van der Waals surface area contributed by atoms with Gasteiger partial charge in [0.05, 0.1) is 17.3 Å². The summed E-state index contributed by atoms with van der Waals surface area (Å²) >= 11 is 0. The highest BCUT2D eigenvalue weighted by molar-refractivity contribution is 6.01. The predicted octanol–water partition coefficient (Wildman–Crippen LogP) is 5.15. The fourth-order valence-corrected chi connectivity index (χ4v) is 4.32. The van der Waals surface area contributed by atoms with Crippen LogP contribution in [0.5, 0.6) is 0 Å². The van der Waals surface area contributed by atoms with E-state index in [4.69, 9.17) is 0 Å². The number of likely N-dealkylation sites (tertiary alicyclic amines) is 1. The lowest BCUT2D eigenvalue weighted by atomic mass is 9.89. The van der Waals surface area contributed by atoms with E-state index in [1.54, 1.807) is 6.20 Å². The quantitative estimate of drug-likeness (QED) is 0.556. The lowest BCUT2D eigenvalue weighted by molar-refractivity contribution is -0.137. The third kappa shape index (κ3) is 5.02. The molecule has 1 aliphatic rings. The smallest absolute Gasteiger partial charge is 0.368 e. The minimum Gasteiger partial charge on any atom is -0.368 e. The number of carbonyl (C=O) groups is 1. The van der Waals surface area contributed by atoms with E-state index in [9.17, 15) is 18.0 Å². The highest BCUT2D eigenvalue weighted by Gasteiger charge is 2.34. The number of alkyl halides is 3. The first-order chi connectivity index (χ1) is 15.7. The molecule has 3 aromatic rings. The summed E-state index contributed by atoms with van der Waals surface area (Å²) in [6.07, 6.45) is -0.0904. The average molecular weight is 458 g/mol. The molecule has 2 N–H and O–H groups in total. The van der Waals surface area contributed by atoms with Crippen molar-refractivity contribution in [1.82, 2.24) is 20.1 Å². The fraction of sp³-hybridized carbons (Fsp3) is 0.375. The molecule has 9 heteroatoms. The number of hydrogen-bond donors (Lipinski definition) is 2. The van der Waals surface area contributed by atoms with Crippen LogP contribution in [-0.4, -0.2) is 45.1 Å². The van der Waals surface area contributed by atoms with Gasteiger partial charge in [-0.3, -0.25) is 9.89 Å². The molecule has 33 heavy (non-hydrogen) atoms. The van der Waals surface area contributed by atoms with Gasteiger partial charge >= 0.3 is 6.18 Å². The van der Waals surface area contributed by atoms with E-state index >= 15 is 0 Å². The molecule has 0 spiro atoms. The number of carbonyl (C=O) groups excluding carboxylic acids is 1. The molecular formula is C24H26F3N5O. The number of halogens is 3. The summed E-state index contributed by atoms with van der Waals surface area (Å²) in [5.41, 5.74) is 2.35. The molecule has 3 heterocycles. The number of piperidine rings is 1. The van der Waals surface area contributed by atoms with Gasteiger partial charge in [-0.15, -0.1) is 0 Å². The van der Waals surface area contributed by atoms with Crippen LogP contribution in [0.1, 0.15) is 41.3 Å². The number of nitrogens with one attached hydrogen (secondary N) is 2. The van der Waals surface area contributed by atoms with Crippen LogP contribution in [0.25, 0.3) is 11.3 Å². The van der Waals surface area contributed by atoms with E-state index in [1.165, 1.54) is 6.07 Å². The molecule has 1 saturated heterocycles. The van der Waals surface area contributed by atoms with Gasteiger partial charge in [-0.25, -0.2) is 4.98 Å². The second-order valence-electron chi connectivity index (χ2n) is 8.52. The molecule has 1 amide bonds. The molecule has 0 bridgehead atoms. The van der Waals surface area contributed by atoms with E-state index in [-0.39, 0.29) is 17.9 Å². The summed E-state index contributed by atoms with van der Waals surface area (Å²) in [5.74, 6) is 0.508. The lowest BCUT2D eigenvalue weighted by Crippen LogP contribution is -2.51. The van der Waals surface area contributed by atoms with Crippen molar-refractivity contribution in [2.75, 3.05) is 18.4 Å². The lowest BCUT2D eigenvalue weighted by Gasteiger charge is -2.40. The number of pyridine rings is 1. The summed E-state index contributed by atoms with van der Waals surface area (Å²) in [5, 5.41) is 10.1. The van der Waals surface area contributed by atoms with Crippen molar-refractivity contribution in [3.05, 3.63) is 65.5 Å². The van der Waals surface area contributed by atoms with Gasteiger partial charge in [0.1, 0.15) is 5.82 Å². The maximum absolute atomic E-state index is 13.7. The Kier molecular flexibility index (Phi) is 6.40. The highest BCUT2D eigenvalue weighted by atomic mass is 19.4. The van der Waals surface area contributed by atoms with Gasteiger partial charge in [0.2, 0.25) is 0 Å². The second kappa shape index (κ2) is 9.25. The molecule has 1 fully saturated rings. The molecule has 1 aromatic carbocycles. The Morgan fingerprint density at radius 2 is 2.06 bits per heavy atom. The van der Waals surface area contributed by atoms with E-state index in [2.05, 4.69) is 27.4 Å². The molecule has 1 aliphatic heterocycles. The van der Waals surface area contributed by atoms with Crippen LogP contribution in [0.15, 0.2) is 48.8 Å². The minimum atomic E-state index is -4.42. The number of aromatic amines is 1. The maximum Gasteiger partial charge on any atom is 0.417 e. The predicted molar refractivity (Wildman–Crippen MR) is 120 cm³/mol. The SMILES string of the molecule is Cc1ccc(-c2ccn[nH]2)c(C(=O)N2CCC[C@@H](C)[C@H]2CNc2ccc(C(F)(F)F)cn2)c1. The van der Waals surface area contributed by atoms with E-state index in [0.29, 0.717) is 24.5 Å². The zero-order valence-electron chi connectivity index (χ0n) is 18.5. The van der Waals surface area contributed by atoms with Crippen molar-refractivity contribution in [3.8, 4) is 11.3 Å². The van der Waals surface area contributed by atoms with Gasteiger partial charge < -0.3 is 10.2 Å². The number of benzene rings is 1. The number of hydrogen-bond acceptors (Lipinski definition) is 4. The molecule has 0 aliphatic carbocycles. The Hall–Kier alpha value is -3.36. The summed E-state index contributed by atoms with van der Waals surface area (Å²) in [4.78, 5) is 19.5. The van der Waals surface area contributed by atoms with Crippen LogP contribution in [0.3, 0.4) is 0 Å². The summed E-state index contributed by atoms with van der Waals surface area (Å²) in [6, 6.07) is 9.80. The molecule has 0 unspecified atom stereocenters. The monoisotopic (exact) mass is 457 g/mol. The van der Waals surface area contributed by atoms with Crippen LogP contribution in [-0.2, 0) is 6.18 Å². The van der Waals surface area contributed by atoms with E-state index in [0.717, 1.165) is 41.9 Å². The van der Waals surface area contributed by atoms with Crippen molar-refractivity contribution in [2.24, 2.45) is 5.92 Å². The normalized spacial score (nSPS) is 18.9. The van der Waals surface area contributed by atoms with Gasteiger partial charge in [-0.05, 0) is 49.9 Å². The largest absolute Gasteiger partial charge is 0.417 e. The van der Waals surface area contributed by atoms with Gasteiger partial charge in [0.15, 0.2) is 0 Å². The molecule has 174 valence electrons.